The summed E-state index contributed by atoms with van der Waals surface area (Å²) in [4.78, 5) is 11.8. The van der Waals surface area contributed by atoms with Crippen LogP contribution in [0.15, 0.2) is 12.1 Å². The Morgan fingerprint density at radius 3 is 2.84 bits per heavy atom. The van der Waals surface area contributed by atoms with E-state index in [0.717, 1.165) is 31.2 Å². The van der Waals surface area contributed by atoms with Crippen LogP contribution in [0, 0.1) is 0 Å². The van der Waals surface area contributed by atoms with E-state index in [-0.39, 0.29) is 5.91 Å². The molecule has 104 valence electrons. The van der Waals surface area contributed by atoms with Crippen molar-refractivity contribution in [3.05, 3.63) is 23.3 Å². The van der Waals surface area contributed by atoms with Crippen LogP contribution < -0.4 is 14.8 Å². The van der Waals surface area contributed by atoms with Crippen molar-refractivity contribution in [2.24, 2.45) is 0 Å². The summed E-state index contributed by atoms with van der Waals surface area (Å²) in [5, 5.41) is 2.84. The third kappa shape index (κ3) is 3.19. The molecule has 1 aromatic carbocycles. The lowest BCUT2D eigenvalue weighted by molar-refractivity contribution is 0.0945. The van der Waals surface area contributed by atoms with Crippen molar-refractivity contribution >= 4 is 5.91 Å². The number of fused-ring (bicyclic) bond motifs is 1. The Bertz CT molecular complexity index is 457. The second kappa shape index (κ2) is 6.45. The third-order valence-corrected chi connectivity index (χ3v) is 3.32. The van der Waals surface area contributed by atoms with Crippen molar-refractivity contribution in [2.45, 2.75) is 32.6 Å². The summed E-state index contributed by atoms with van der Waals surface area (Å²) < 4.78 is 11.1. The molecule has 19 heavy (non-hydrogen) atoms. The second-order valence-corrected chi connectivity index (χ2v) is 4.72. The lowest BCUT2D eigenvalue weighted by Gasteiger charge is -2.19. The molecule has 1 aliphatic rings. The van der Waals surface area contributed by atoms with Crippen molar-refractivity contribution in [3.63, 3.8) is 0 Å². The molecule has 0 aromatic heterocycles. The highest BCUT2D eigenvalue weighted by molar-refractivity contribution is 5.97. The van der Waals surface area contributed by atoms with Crippen molar-refractivity contribution < 1.29 is 14.3 Å². The van der Waals surface area contributed by atoms with Gasteiger partial charge in [-0.05, 0) is 30.5 Å². The summed E-state index contributed by atoms with van der Waals surface area (Å²) >= 11 is 0. The Morgan fingerprint density at radius 2 is 2.11 bits per heavy atom. The average Bonchev–Trinajstić information content (AvgIpc) is 2.43. The molecule has 0 atom stereocenters. The highest BCUT2D eigenvalue weighted by Crippen LogP contribution is 2.32. The van der Waals surface area contributed by atoms with Crippen LogP contribution in [-0.2, 0) is 6.42 Å². The summed E-state index contributed by atoms with van der Waals surface area (Å²) in [6, 6.07) is 3.72. The summed E-state index contributed by atoms with van der Waals surface area (Å²) in [6.45, 7) is 3.50. The van der Waals surface area contributed by atoms with E-state index in [2.05, 4.69) is 12.2 Å². The van der Waals surface area contributed by atoms with Gasteiger partial charge in [0, 0.05) is 12.1 Å². The molecule has 4 heteroatoms. The molecule has 0 fully saturated rings. The fourth-order valence-electron chi connectivity index (χ4n) is 2.23. The molecular formula is C15H21NO3. The maximum atomic E-state index is 11.8. The predicted octanol–water partition coefficient (Wildman–Crippen LogP) is 2.55. The first-order valence-electron chi connectivity index (χ1n) is 6.88. The lowest BCUT2D eigenvalue weighted by atomic mass is 9.99. The minimum atomic E-state index is -0.0256. The van der Waals surface area contributed by atoms with Gasteiger partial charge in [0.2, 0.25) is 0 Å². The lowest BCUT2D eigenvalue weighted by Crippen LogP contribution is -2.31. The van der Waals surface area contributed by atoms with E-state index < -0.39 is 0 Å². The molecule has 0 saturated carbocycles. The number of hydrogen-bond acceptors (Lipinski definition) is 3. The molecule has 0 spiro atoms. The van der Waals surface area contributed by atoms with Gasteiger partial charge in [-0.3, -0.25) is 4.79 Å². The first-order chi connectivity index (χ1) is 9.26. The van der Waals surface area contributed by atoms with Crippen molar-refractivity contribution in [3.8, 4) is 11.5 Å². The Labute approximate surface area is 114 Å². The average molecular weight is 263 g/mol. The number of methoxy groups -OCH3 is 1. The number of unbranched alkanes of at least 4 members (excludes halogenated alkanes) is 2. The van der Waals surface area contributed by atoms with E-state index in [1.54, 1.807) is 13.2 Å². The van der Waals surface area contributed by atoms with Crippen LogP contribution in [0.1, 0.15) is 42.1 Å². The molecule has 0 unspecified atom stereocenters. The third-order valence-electron chi connectivity index (χ3n) is 3.32. The van der Waals surface area contributed by atoms with Gasteiger partial charge in [-0.25, -0.2) is 0 Å². The Hall–Kier alpha value is -1.71. The molecule has 1 aliphatic heterocycles. The van der Waals surface area contributed by atoms with Gasteiger partial charge in [-0.15, -0.1) is 0 Å². The summed E-state index contributed by atoms with van der Waals surface area (Å²) in [5.41, 5.74) is 1.74. The van der Waals surface area contributed by atoms with E-state index in [9.17, 15) is 4.79 Å². The SMILES string of the molecule is CCCCCOc1cc2c(cc1OC)CCNC2=O. The Kier molecular flexibility index (Phi) is 4.66. The number of benzene rings is 1. The second-order valence-electron chi connectivity index (χ2n) is 4.72. The van der Waals surface area contributed by atoms with E-state index in [1.807, 2.05) is 6.07 Å². The van der Waals surface area contributed by atoms with Crippen LogP contribution in [0.5, 0.6) is 11.5 Å². The van der Waals surface area contributed by atoms with Gasteiger partial charge in [-0.1, -0.05) is 19.8 Å². The molecule has 1 N–H and O–H groups in total. The minimum absolute atomic E-state index is 0.0256. The Morgan fingerprint density at radius 1 is 1.26 bits per heavy atom. The maximum Gasteiger partial charge on any atom is 0.251 e. The molecule has 1 amide bonds. The zero-order valence-electron chi connectivity index (χ0n) is 11.6. The standard InChI is InChI=1S/C15H21NO3/c1-3-4-5-8-19-14-10-12-11(9-13(14)18-2)6-7-16-15(12)17/h9-10H,3-8H2,1-2H3,(H,16,17). The molecule has 0 saturated heterocycles. The van der Waals surface area contributed by atoms with E-state index >= 15 is 0 Å². The number of carbonyl (C=O) groups excluding carboxylic acids is 1. The number of carbonyl (C=O) groups is 1. The van der Waals surface area contributed by atoms with Crippen molar-refractivity contribution in [1.29, 1.82) is 0 Å². The zero-order valence-corrected chi connectivity index (χ0v) is 11.6. The minimum Gasteiger partial charge on any atom is -0.493 e. The quantitative estimate of drug-likeness (QED) is 0.802. The van der Waals surface area contributed by atoms with E-state index in [1.165, 1.54) is 0 Å². The van der Waals surface area contributed by atoms with Gasteiger partial charge in [0.05, 0.1) is 13.7 Å². The smallest absolute Gasteiger partial charge is 0.251 e. The number of nitrogens with one attached hydrogen (secondary N) is 1. The molecule has 0 aliphatic carbocycles. The van der Waals surface area contributed by atoms with Crippen LogP contribution in [0.2, 0.25) is 0 Å². The molecule has 1 aromatic rings. The predicted molar refractivity (Wildman–Crippen MR) is 74.1 cm³/mol. The van der Waals surface area contributed by atoms with Gasteiger partial charge in [-0.2, -0.15) is 0 Å². The fourth-order valence-corrected chi connectivity index (χ4v) is 2.23. The van der Waals surface area contributed by atoms with E-state index in [4.69, 9.17) is 9.47 Å². The first kappa shape index (κ1) is 13.7. The Balaban J connectivity index is 2.17. The molecular weight excluding hydrogens is 242 g/mol. The van der Waals surface area contributed by atoms with Crippen LogP contribution >= 0.6 is 0 Å². The highest BCUT2D eigenvalue weighted by atomic mass is 16.5. The number of rotatable bonds is 6. The zero-order chi connectivity index (χ0) is 13.7. The molecule has 2 rings (SSSR count). The number of hydrogen-bond donors (Lipinski definition) is 1. The van der Waals surface area contributed by atoms with Gasteiger partial charge < -0.3 is 14.8 Å². The van der Waals surface area contributed by atoms with Gasteiger partial charge in [0.15, 0.2) is 11.5 Å². The number of amides is 1. The fraction of sp³-hybridized carbons (Fsp3) is 0.533. The topological polar surface area (TPSA) is 47.6 Å². The van der Waals surface area contributed by atoms with Crippen LogP contribution in [0.4, 0.5) is 0 Å². The van der Waals surface area contributed by atoms with Gasteiger partial charge >= 0.3 is 0 Å². The molecule has 0 radical (unpaired) electrons. The largest absolute Gasteiger partial charge is 0.493 e. The summed E-state index contributed by atoms with van der Waals surface area (Å²) in [5.74, 6) is 1.35. The normalized spacial score (nSPS) is 13.7. The summed E-state index contributed by atoms with van der Waals surface area (Å²) in [6.07, 6.45) is 4.16. The van der Waals surface area contributed by atoms with Crippen LogP contribution in [0.25, 0.3) is 0 Å². The molecule has 0 bridgehead atoms. The van der Waals surface area contributed by atoms with Crippen LogP contribution in [0.3, 0.4) is 0 Å². The summed E-state index contributed by atoms with van der Waals surface area (Å²) in [7, 11) is 1.63. The molecule has 1 heterocycles. The number of ether oxygens (including phenoxy) is 2. The van der Waals surface area contributed by atoms with E-state index in [0.29, 0.717) is 30.2 Å². The molecule has 4 nitrogen and oxygen atoms in total. The monoisotopic (exact) mass is 263 g/mol. The highest BCUT2D eigenvalue weighted by Gasteiger charge is 2.20. The van der Waals surface area contributed by atoms with Crippen molar-refractivity contribution in [1.82, 2.24) is 5.32 Å². The van der Waals surface area contributed by atoms with Gasteiger partial charge in [0.25, 0.3) is 5.91 Å². The van der Waals surface area contributed by atoms with Crippen molar-refractivity contribution in [2.75, 3.05) is 20.3 Å². The maximum absolute atomic E-state index is 11.8. The first-order valence-corrected chi connectivity index (χ1v) is 6.88. The van der Waals surface area contributed by atoms with Crippen LogP contribution in [-0.4, -0.2) is 26.2 Å². The van der Waals surface area contributed by atoms with Gasteiger partial charge in [0.1, 0.15) is 0 Å².